The lowest BCUT2D eigenvalue weighted by molar-refractivity contribution is -0.122. The van der Waals surface area contributed by atoms with E-state index in [4.69, 9.17) is 4.74 Å². The zero-order chi connectivity index (χ0) is 12.1. The zero-order valence-electron chi connectivity index (χ0n) is 10.6. The van der Waals surface area contributed by atoms with Crippen LogP contribution in [0.3, 0.4) is 0 Å². The number of hydrogen-bond acceptors (Lipinski definition) is 4. The van der Waals surface area contributed by atoms with Gasteiger partial charge in [-0.15, -0.1) is 0 Å². The zero-order valence-corrected chi connectivity index (χ0v) is 10.6. The summed E-state index contributed by atoms with van der Waals surface area (Å²) in [7, 11) is 1.69. The fourth-order valence-corrected chi connectivity index (χ4v) is 2.79. The Morgan fingerprint density at radius 3 is 3.18 bits per heavy atom. The van der Waals surface area contributed by atoms with Gasteiger partial charge in [0.15, 0.2) is 0 Å². The minimum absolute atomic E-state index is 0.0887. The minimum Gasteiger partial charge on any atom is -0.379 e. The third-order valence-electron chi connectivity index (χ3n) is 3.73. The molecule has 2 saturated heterocycles. The molecule has 0 aliphatic carbocycles. The number of ether oxygens (including phenoxy) is 1. The smallest absolute Gasteiger partial charge is 0.233 e. The van der Waals surface area contributed by atoms with E-state index >= 15 is 0 Å². The fourth-order valence-electron chi connectivity index (χ4n) is 2.79. The van der Waals surface area contributed by atoms with Crippen molar-refractivity contribution < 1.29 is 9.53 Å². The van der Waals surface area contributed by atoms with Crippen molar-refractivity contribution in [2.75, 3.05) is 53.0 Å². The molecule has 5 nitrogen and oxygen atoms in total. The number of piperidine rings is 1. The van der Waals surface area contributed by atoms with Gasteiger partial charge < -0.3 is 15.4 Å². The Balaban J connectivity index is 1.96. The Kier molecular flexibility index (Phi) is 4.36. The molecule has 98 valence electrons. The van der Waals surface area contributed by atoms with E-state index in [0.717, 1.165) is 39.4 Å². The van der Waals surface area contributed by atoms with E-state index in [1.165, 1.54) is 12.8 Å². The van der Waals surface area contributed by atoms with Gasteiger partial charge >= 0.3 is 0 Å². The average molecular weight is 241 g/mol. The van der Waals surface area contributed by atoms with Crippen LogP contribution in [-0.2, 0) is 9.53 Å². The first-order valence-corrected chi connectivity index (χ1v) is 6.46. The first-order chi connectivity index (χ1) is 8.24. The molecule has 0 aromatic rings. The molecule has 1 amide bonds. The van der Waals surface area contributed by atoms with Crippen LogP contribution in [0, 0.1) is 5.41 Å². The van der Waals surface area contributed by atoms with Crippen LogP contribution in [0.1, 0.15) is 12.8 Å². The maximum absolute atomic E-state index is 11.5. The van der Waals surface area contributed by atoms with Crippen LogP contribution in [0.5, 0.6) is 0 Å². The molecule has 2 aliphatic rings. The number of likely N-dealkylation sites (N-methyl/N-ethyl adjacent to an activating group) is 1. The molecule has 0 bridgehead atoms. The van der Waals surface area contributed by atoms with Gasteiger partial charge in [0.1, 0.15) is 0 Å². The molecule has 1 atom stereocenters. The Morgan fingerprint density at radius 1 is 1.59 bits per heavy atom. The predicted octanol–water partition coefficient (Wildman–Crippen LogP) is -0.566. The molecule has 1 unspecified atom stereocenters. The number of nitrogens with one attached hydrogen (secondary N) is 2. The summed E-state index contributed by atoms with van der Waals surface area (Å²) in [6.45, 7) is 5.99. The van der Waals surface area contributed by atoms with E-state index in [-0.39, 0.29) is 11.3 Å². The number of amides is 1. The van der Waals surface area contributed by atoms with Crippen molar-refractivity contribution >= 4 is 5.91 Å². The highest BCUT2D eigenvalue weighted by Crippen LogP contribution is 2.29. The van der Waals surface area contributed by atoms with Crippen LogP contribution in [-0.4, -0.2) is 63.8 Å². The third-order valence-corrected chi connectivity index (χ3v) is 3.73. The molecule has 0 radical (unpaired) electrons. The molecular formula is C12H23N3O2. The maximum Gasteiger partial charge on any atom is 0.233 e. The highest BCUT2D eigenvalue weighted by atomic mass is 16.5. The van der Waals surface area contributed by atoms with Gasteiger partial charge in [0, 0.05) is 32.1 Å². The average Bonchev–Trinajstić information content (AvgIpc) is 2.53. The minimum atomic E-state index is 0.0887. The lowest BCUT2D eigenvalue weighted by atomic mass is 9.81. The predicted molar refractivity (Wildman–Crippen MR) is 65.9 cm³/mol. The van der Waals surface area contributed by atoms with Crippen molar-refractivity contribution in [3.8, 4) is 0 Å². The Labute approximate surface area is 103 Å². The van der Waals surface area contributed by atoms with Gasteiger partial charge in [0.05, 0.1) is 19.8 Å². The fraction of sp³-hybridized carbons (Fsp3) is 0.917. The number of carbonyl (C=O) groups is 1. The summed E-state index contributed by atoms with van der Waals surface area (Å²) in [5.41, 5.74) is 0.211. The molecule has 0 aromatic carbocycles. The van der Waals surface area contributed by atoms with Crippen molar-refractivity contribution in [3.05, 3.63) is 0 Å². The molecule has 0 aromatic heterocycles. The van der Waals surface area contributed by atoms with Crippen LogP contribution in [0.15, 0.2) is 0 Å². The molecule has 2 rings (SSSR count). The van der Waals surface area contributed by atoms with Crippen LogP contribution in [0.4, 0.5) is 0 Å². The molecule has 2 fully saturated rings. The summed E-state index contributed by atoms with van der Waals surface area (Å²) < 4.78 is 5.72. The lowest BCUT2D eigenvalue weighted by Crippen LogP contribution is -2.50. The van der Waals surface area contributed by atoms with E-state index in [1.807, 2.05) is 0 Å². The van der Waals surface area contributed by atoms with Crippen LogP contribution in [0.25, 0.3) is 0 Å². The van der Waals surface area contributed by atoms with Crippen molar-refractivity contribution in [3.63, 3.8) is 0 Å². The summed E-state index contributed by atoms with van der Waals surface area (Å²) in [5.74, 6) is 0.0887. The SMILES string of the molecule is CNC(=O)CN1CCOCC2(CCCNC2)C1. The number of rotatable bonds is 2. The summed E-state index contributed by atoms with van der Waals surface area (Å²) in [6.07, 6.45) is 2.40. The second-order valence-corrected chi connectivity index (χ2v) is 5.22. The van der Waals surface area contributed by atoms with Gasteiger partial charge in [0.2, 0.25) is 5.91 Å². The topological polar surface area (TPSA) is 53.6 Å². The van der Waals surface area contributed by atoms with Gasteiger partial charge in [-0.2, -0.15) is 0 Å². The molecule has 2 N–H and O–H groups in total. The summed E-state index contributed by atoms with van der Waals surface area (Å²) in [6, 6.07) is 0. The molecule has 5 heteroatoms. The number of hydrogen-bond donors (Lipinski definition) is 2. The second-order valence-electron chi connectivity index (χ2n) is 5.22. The standard InChI is InChI=1S/C12H23N3O2/c1-13-11(16)7-15-5-6-17-10-12(9-15)3-2-4-14-8-12/h14H,2-10H2,1H3,(H,13,16). The molecular weight excluding hydrogens is 218 g/mol. The Hall–Kier alpha value is -0.650. The quantitative estimate of drug-likeness (QED) is 0.680. The first-order valence-electron chi connectivity index (χ1n) is 6.46. The number of nitrogens with zero attached hydrogens (tertiary/aromatic N) is 1. The molecule has 1 spiro atoms. The van der Waals surface area contributed by atoms with E-state index in [2.05, 4.69) is 15.5 Å². The van der Waals surface area contributed by atoms with Crippen LogP contribution >= 0.6 is 0 Å². The highest BCUT2D eigenvalue weighted by molar-refractivity contribution is 5.77. The van der Waals surface area contributed by atoms with Gasteiger partial charge in [0.25, 0.3) is 0 Å². The van der Waals surface area contributed by atoms with E-state index in [9.17, 15) is 4.79 Å². The first kappa shape index (κ1) is 12.8. The summed E-state index contributed by atoms with van der Waals surface area (Å²) in [4.78, 5) is 13.7. The molecule has 17 heavy (non-hydrogen) atoms. The highest BCUT2D eigenvalue weighted by Gasteiger charge is 2.36. The van der Waals surface area contributed by atoms with Crippen LogP contribution in [0.2, 0.25) is 0 Å². The van der Waals surface area contributed by atoms with Crippen molar-refractivity contribution in [2.45, 2.75) is 12.8 Å². The Bertz CT molecular complexity index is 264. The lowest BCUT2D eigenvalue weighted by Gasteiger charge is -2.38. The largest absolute Gasteiger partial charge is 0.379 e. The van der Waals surface area contributed by atoms with Crippen LogP contribution < -0.4 is 10.6 Å². The summed E-state index contributed by atoms with van der Waals surface area (Å²) >= 11 is 0. The van der Waals surface area contributed by atoms with Gasteiger partial charge in [-0.3, -0.25) is 9.69 Å². The second kappa shape index (κ2) is 5.80. The van der Waals surface area contributed by atoms with E-state index in [1.54, 1.807) is 7.05 Å². The van der Waals surface area contributed by atoms with Gasteiger partial charge in [-0.25, -0.2) is 0 Å². The maximum atomic E-state index is 11.5. The van der Waals surface area contributed by atoms with Crippen molar-refractivity contribution in [1.29, 1.82) is 0 Å². The normalized spacial score (nSPS) is 31.1. The Morgan fingerprint density at radius 2 is 2.47 bits per heavy atom. The van der Waals surface area contributed by atoms with E-state index in [0.29, 0.717) is 6.54 Å². The molecule has 2 aliphatic heterocycles. The van der Waals surface area contributed by atoms with Crippen molar-refractivity contribution in [2.24, 2.45) is 5.41 Å². The third kappa shape index (κ3) is 3.40. The molecule has 0 saturated carbocycles. The van der Waals surface area contributed by atoms with Gasteiger partial charge in [-0.1, -0.05) is 0 Å². The van der Waals surface area contributed by atoms with Gasteiger partial charge in [-0.05, 0) is 19.4 Å². The van der Waals surface area contributed by atoms with Crippen molar-refractivity contribution in [1.82, 2.24) is 15.5 Å². The van der Waals surface area contributed by atoms with E-state index < -0.39 is 0 Å². The monoisotopic (exact) mass is 241 g/mol. The number of carbonyl (C=O) groups excluding carboxylic acids is 1. The summed E-state index contributed by atoms with van der Waals surface area (Å²) in [5, 5.41) is 6.14. The molecule has 2 heterocycles.